The molecule has 3 aromatic heterocycles. The van der Waals surface area contributed by atoms with Gasteiger partial charge in [-0.3, -0.25) is 9.20 Å². The van der Waals surface area contributed by atoms with E-state index in [-0.39, 0.29) is 11.8 Å². The molecule has 1 amide bonds. The summed E-state index contributed by atoms with van der Waals surface area (Å²) in [4.78, 5) is 22.6. The van der Waals surface area contributed by atoms with E-state index in [0.29, 0.717) is 5.75 Å². The number of nitrogens with zero attached hydrogens (tertiary/aromatic N) is 5. The monoisotopic (exact) mass is 463 g/mol. The molecule has 6 rings (SSSR count). The molecule has 1 aliphatic carbocycles. The molecule has 2 aliphatic rings. The summed E-state index contributed by atoms with van der Waals surface area (Å²) in [5, 5.41) is 11.1. The molecule has 0 N–H and O–H groups in total. The first-order valence-electron chi connectivity index (χ1n) is 11.3. The lowest BCUT2D eigenvalue weighted by atomic mass is 9.97. The van der Waals surface area contributed by atoms with Crippen molar-refractivity contribution in [3.8, 4) is 0 Å². The minimum Gasteiger partial charge on any atom is -0.311 e. The molecule has 0 saturated carbocycles. The number of para-hydroxylation sites is 1. The zero-order valence-electron chi connectivity index (χ0n) is 18.3. The van der Waals surface area contributed by atoms with Crippen LogP contribution in [-0.4, -0.2) is 37.8 Å². The maximum Gasteiger partial charge on any atom is 0.237 e. The van der Waals surface area contributed by atoms with Gasteiger partial charge in [0.05, 0.1) is 11.1 Å². The van der Waals surface area contributed by atoms with Gasteiger partial charge in [-0.15, -0.1) is 21.5 Å². The molecule has 0 fully saturated rings. The van der Waals surface area contributed by atoms with Crippen molar-refractivity contribution in [3.05, 3.63) is 46.1 Å². The van der Waals surface area contributed by atoms with E-state index in [9.17, 15) is 4.79 Å². The average molecular weight is 464 g/mol. The first kappa shape index (κ1) is 20.2. The van der Waals surface area contributed by atoms with Gasteiger partial charge in [-0.1, -0.05) is 43.8 Å². The van der Waals surface area contributed by atoms with Gasteiger partial charge < -0.3 is 4.90 Å². The minimum atomic E-state index is 0.116. The largest absolute Gasteiger partial charge is 0.311 e. The fraction of sp³-hybridized carbons (Fsp3) is 0.417. The SMILES string of the molecule is CC(C)c1nc2sc3c(c2c2nnc(SCC(=O)N4CCc5ccccc54)n12)CCCC3. The van der Waals surface area contributed by atoms with E-state index < -0.39 is 0 Å². The summed E-state index contributed by atoms with van der Waals surface area (Å²) in [7, 11) is 0. The summed E-state index contributed by atoms with van der Waals surface area (Å²) in [5.41, 5.74) is 4.60. The number of fused-ring (bicyclic) bond motifs is 6. The highest BCUT2D eigenvalue weighted by molar-refractivity contribution is 7.99. The van der Waals surface area contributed by atoms with E-state index in [0.717, 1.165) is 53.0 Å². The number of hydrogen-bond donors (Lipinski definition) is 0. The Balaban J connectivity index is 1.36. The van der Waals surface area contributed by atoms with Gasteiger partial charge in [0.1, 0.15) is 10.7 Å². The van der Waals surface area contributed by atoms with Crippen molar-refractivity contribution >= 4 is 50.6 Å². The lowest BCUT2D eigenvalue weighted by Crippen LogP contribution is -2.30. The highest BCUT2D eigenvalue weighted by Gasteiger charge is 2.27. The maximum atomic E-state index is 13.1. The van der Waals surface area contributed by atoms with E-state index in [4.69, 9.17) is 4.98 Å². The Labute approximate surface area is 195 Å². The third-order valence-electron chi connectivity index (χ3n) is 6.48. The Hall–Kier alpha value is -2.45. The number of thioether (sulfide) groups is 1. The van der Waals surface area contributed by atoms with Gasteiger partial charge in [0.25, 0.3) is 0 Å². The number of hydrogen-bond acceptors (Lipinski definition) is 6. The van der Waals surface area contributed by atoms with Gasteiger partial charge in [-0.05, 0) is 49.3 Å². The van der Waals surface area contributed by atoms with Crippen LogP contribution in [0.3, 0.4) is 0 Å². The van der Waals surface area contributed by atoms with Crippen molar-refractivity contribution in [3.63, 3.8) is 0 Å². The summed E-state index contributed by atoms with van der Waals surface area (Å²) in [6.07, 6.45) is 5.63. The molecule has 1 aromatic carbocycles. The zero-order valence-corrected chi connectivity index (χ0v) is 19.9. The normalized spacial score (nSPS) is 15.7. The third kappa shape index (κ3) is 3.15. The number of benzene rings is 1. The summed E-state index contributed by atoms with van der Waals surface area (Å²) in [6, 6.07) is 8.18. The van der Waals surface area contributed by atoms with Crippen molar-refractivity contribution in [2.75, 3.05) is 17.2 Å². The van der Waals surface area contributed by atoms with Gasteiger partial charge >= 0.3 is 0 Å². The molecule has 0 radical (unpaired) electrons. The van der Waals surface area contributed by atoms with Gasteiger partial charge in [0.15, 0.2) is 10.8 Å². The fourth-order valence-electron chi connectivity index (χ4n) is 4.94. The number of aromatic nitrogens is 4. The van der Waals surface area contributed by atoms with Gasteiger partial charge in [-0.25, -0.2) is 4.98 Å². The molecule has 0 unspecified atom stereocenters. The maximum absolute atomic E-state index is 13.1. The van der Waals surface area contributed by atoms with Gasteiger partial charge in [0, 0.05) is 23.0 Å². The molecule has 4 aromatic rings. The van der Waals surface area contributed by atoms with Crippen LogP contribution in [0, 0.1) is 0 Å². The standard InChI is InChI=1S/C24H25N5OS2/c1-14(2)21-25-23-20(16-8-4-6-10-18(16)32-23)22-26-27-24(29(21)22)31-13-19(30)28-12-11-15-7-3-5-9-17(15)28/h3,5,7,9,14H,4,6,8,10-13H2,1-2H3. The number of carbonyl (C=O) groups is 1. The molecule has 4 heterocycles. The van der Waals surface area contributed by atoms with Crippen LogP contribution in [0.15, 0.2) is 29.4 Å². The number of anilines is 1. The molecule has 1 aliphatic heterocycles. The molecule has 8 heteroatoms. The topological polar surface area (TPSA) is 63.4 Å². The van der Waals surface area contributed by atoms with Crippen LogP contribution in [0.25, 0.3) is 15.9 Å². The number of thiophene rings is 1. The summed E-state index contributed by atoms with van der Waals surface area (Å²) >= 11 is 3.29. The number of aryl methyl sites for hydroxylation is 2. The van der Waals surface area contributed by atoms with E-state index in [1.54, 1.807) is 0 Å². The van der Waals surface area contributed by atoms with E-state index in [1.807, 2.05) is 34.4 Å². The minimum absolute atomic E-state index is 0.116. The van der Waals surface area contributed by atoms with Gasteiger partial charge in [0.2, 0.25) is 5.91 Å². The average Bonchev–Trinajstić information content (AvgIpc) is 3.51. The lowest BCUT2D eigenvalue weighted by Gasteiger charge is -2.17. The second-order valence-electron chi connectivity index (χ2n) is 8.87. The number of amides is 1. The fourth-order valence-corrected chi connectivity index (χ4v) is 7.01. The zero-order chi connectivity index (χ0) is 21.8. The van der Waals surface area contributed by atoms with Crippen LogP contribution in [-0.2, 0) is 24.1 Å². The van der Waals surface area contributed by atoms with Crippen molar-refractivity contribution in [1.29, 1.82) is 0 Å². The van der Waals surface area contributed by atoms with Crippen LogP contribution < -0.4 is 4.90 Å². The summed E-state index contributed by atoms with van der Waals surface area (Å²) < 4.78 is 2.10. The van der Waals surface area contributed by atoms with E-state index in [1.165, 1.54) is 46.0 Å². The Bertz CT molecular complexity index is 1360. The quantitative estimate of drug-likeness (QED) is 0.398. The second kappa shape index (κ2) is 7.85. The number of carbonyl (C=O) groups excluding carboxylic acids is 1. The van der Waals surface area contributed by atoms with E-state index in [2.05, 4.69) is 34.5 Å². The molecular weight excluding hydrogens is 438 g/mol. The van der Waals surface area contributed by atoms with Gasteiger partial charge in [-0.2, -0.15) is 0 Å². The lowest BCUT2D eigenvalue weighted by molar-refractivity contribution is -0.116. The van der Waals surface area contributed by atoms with Crippen LogP contribution in [0.5, 0.6) is 0 Å². The molecule has 6 nitrogen and oxygen atoms in total. The van der Waals surface area contributed by atoms with Crippen molar-refractivity contribution in [2.45, 2.75) is 57.0 Å². The van der Waals surface area contributed by atoms with E-state index >= 15 is 0 Å². The summed E-state index contributed by atoms with van der Waals surface area (Å²) in [6.45, 7) is 5.06. The summed E-state index contributed by atoms with van der Waals surface area (Å²) in [5.74, 6) is 1.66. The van der Waals surface area contributed by atoms with Crippen molar-refractivity contribution < 1.29 is 4.79 Å². The van der Waals surface area contributed by atoms with Crippen LogP contribution in [0.2, 0.25) is 0 Å². The molecule has 0 bridgehead atoms. The Morgan fingerprint density at radius 3 is 2.88 bits per heavy atom. The molecule has 32 heavy (non-hydrogen) atoms. The molecule has 164 valence electrons. The first-order valence-corrected chi connectivity index (χ1v) is 13.1. The van der Waals surface area contributed by atoms with Crippen LogP contribution >= 0.6 is 23.1 Å². The molecule has 0 atom stereocenters. The Morgan fingerprint density at radius 1 is 1.16 bits per heavy atom. The Kier molecular flexibility index (Phi) is 4.95. The Morgan fingerprint density at radius 2 is 2.00 bits per heavy atom. The predicted octanol–water partition coefficient (Wildman–Crippen LogP) is 5.02. The van der Waals surface area contributed by atoms with Crippen molar-refractivity contribution in [1.82, 2.24) is 19.6 Å². The van der Waals surface area contributed by atoms with Crippen molar-refractivity contribution in [2.24, 2.45) is 0 Å². The molecule has 0 spiro atoms. The van der Waals surface area contributed by atoms with Crippen LogP contribution in [0.1, 0.15) is 54.4 Å². The number of rotatable bonds is 4. The molecular formula is C24H25N5OS2. The first-order chi connectivity index (χ1) is 15.6. The third-order valence-corrected chi connectivity index (χ3v) is 8.58. The van der Waals surface area contributed by atoms with Crippen LogP contribution in [0.4, 0.5) is 5.69 Å². The second-order valence-corrected chi connectivity index (χ2v) is 10.9. The highest BCUT2D eigenvalue weighted by Crippen LogP contribution is 2.39. The molecule has 0 saturated heterocycles. The predicted molar refractivity (Wildman–Crippen MR) is 130 cm³/mol. The highest BCUT2D eigenvalue weighted by atomic mass is 32.2. The smallest absolute Gasteiger partial charge is 0.237 e.